The Balaban J connectivity index is 2.30. The van der Waals surface area contributed by atoms with Crippen LogP contribution in [0.1, 0.15) is 39.2 Å². The Bertz CT molecular complexity index is 349. The van der Waals surface area contributed by atoms with Crippen molar-refractivity contribution in [2.75, 3.05) is 5.75 Å². The number of aliphatic hydroxyl groups excluding tert-OH is 1. The second kappa shape index (κ2) is 7.85. The summed E-state index contributed by atoms with van der Waals surface area (Å²) in [5.74, 6) is 2.13. The molecule has 0 spiro atoms. The van der Waals surface area contributed by atoms with Crippen LogP contribution in [0.5, 0.6) is 0 Å². The molecule has 1 nitrogen and oxygen atoms in total. The average molecular weight is 266 g/mol. The van der Waals surface area contributed by atoms with Gasteiger partial charge in [0.15, 0.2) is 0 Å². The molecule has 0 saturated carbocycles. The van der Waals surface area contributed by atoms with Crippen LogP contribution in [0, 0.1) is 18.8 Å². The first-order valence-corrected chi connectivity index (χ1v) is 7.83. The van der Waals surface area contributed by atoms with Crippen LogP contribution in [0.25, 0.3) is 0 Å². The third-order valence-corrected chi connectivity index (χ3v) is 4.12. The fourth-order valence-electron chi connectivity index (χ4n) is 2.33. The molecule has 0 radical (unpaired) electrons. The first kappa shape index (κ1) is 15.6. The highest BCUT2D eigenvalue weighted by molar-refractivity contribution is 7.99. The van der Waals surface area contributed by atoms with Gasteiger partial charge >= 0.3 is 0 Å². The van der Waals surface area contributed by atoms with Gasteiger partial charge in [-0.05, 0) is 43.7 Å². The van der Waals surface area contributed by atoms with E-state index in [-0.39, 0.29) is 6.10 Å². The van der Waals surface area contributed by atoms with Crippen LogP contribution in [0.2, 0.25) is 0 Å². The maximum Gasteiger partial charge on any atom is 0.0636 e. The van der Waals surface area contributed by atoms with Crippen molar-refractivity contribution in [2.24, 2.45) is 11.8 Å². The molecule has 0 aliphatic carbocycles. The maximum absolute atomic E-state index is 10.0. The van der Waals surface area contributed by atoms with Gasteiger partial charge in [0.2, 0.25) is 0 Å². The Labute approximate surface area is 116 Å². The molecule has 1 aromatic rings. The number of thioether (sulfide) groups is 1. The molecule has 102 valence electrons. The number of aliphatic hydroxyl groups is 1. The quantitative estimate of drug-likeness (QED) is 0.732. The summed E-state index contributed by atoms with van der Waals surface area (Å²) in [6.45, 7) is 8.82. The second-order valence-corrected chi connectivity index (χ2v) is 6.85. The molecule has 0 aliphatic heterocycles. The SMILES string of the molecule is Cc1cccc(SCC(O)CC(C)CC(C)C)c1. The van der Waals surface area contributed by atoms with Crippen LogP contribution in [0.4, 0.5) is 0 Å². The monoisotopic (exact) mass is 266 g/mol. The highest BCUT2D eigenvalue weighted by atomic mass is 32.2. The Morgan fingerprint density at radius 3 is 2.50 bits per heavy atom. The summed E-state index contributed by atoms with van der Waals surface area (Å²) >= 11 is 1.75. The molecule has 0 heterocycles. The first-order valence-electron chi connectivity index (χ1n) is 6.85. The van der Waals surface area contributed by atoms with E-state index in [1.54, 1.807) is 11.8 Å². The summed E-state index contributed by atoms with van der Waals surface area (Å²) in [7, 11) is 0. The van der Waals surface area contributed by atoms with Crippen LogP contribution in [0.3, 0.4) is 0 Å². The number of rotatable bonds is 7. The molecule has 1 aromatic carbocycles. The Morgan fingerprint density at radius 1 is 1.17 bits per heavy atom. The minimum atomic E-state index is -0.190. The lowest BCUT2D eigenvalue weighted by atomic mass is 9.94. The molecule has 1 rings (SSSR count). The molecule has 0 fully saturated rings. The van der Waals surface area contributed by atoms with E-state index in [9.17, 15) is 5.11 Å². The van der Waals surface area contributed by atoms with Crippen molar-refractivity contribution in [1.82, 2.24) is 0 Å². The molecule has 2 unspecified atom stereocenters. The molecular formula is C16H26OS. The minimum absolute atomic E-state index is 0.190. The largest absolute Gasteiger partial charge is 0.392 e. The zero-order chi connectivity index (χ0) is 13.5. The van der Waals surface area contributed by atoms with Gasteiger partial charge in [0.25, 0.3) is 0 Å². The molecule has 1 N–H and O–H groups in total. The summed E-state index contributed by atoms with van der Waals surface area (Å²) in [4.78, 5) is 1.26. The van der Waals surface area contributed by atoms with Crippen LogP contribution >= 0.6 is 11.8 Å². The van der Waals surface area contributed by atoms with Gasteiger partial charge in [-0.15, -0.1) is 11.8 Å². The maximum atomic E-state index is 10.0. The third-order valence-electron chi connectivity index (χ3n) is 2.98. The summed E-state index contributed by atoms with van der Waals surface area (Å²) in [6, 6.07) is 8.47. The fourth-order valence-corrected chi connectivity index (χ4v) is 3.30. The highest BCUT2D eigenvalue weighted by Gasteiger charge is 2.12. The van der Waals surface area contributed by atoms with Gasteiger partial charge in [0.05, 0.1) is 6.10 Å². The van der Waals surface area contributed by atoms with E-state index in [0.29, 0.717) is 5.92 Å². The van der Waals surface area contributed by atoms with Crippen LogP contribution in [0.15, 0.2) is 29.2 Å². The molecule has 0 aliphatic rings. The zero-order valence-corrected chi connectivity index (χ0v) is 12.8. The van der Waals surface area contributed by atoms with E-state index < -0.39 is 0 Å². The molecule has 0 aromatic heterocycles. The van der Waals surface area contributed by atoms with Crippen molar-refractivity contribution in [3.8, 4) is 0 Å². The van der Waals surface area contributed by atoms with Gasteiger partial charge in [-0.3, -0.25) is 0 Å². The van der Waals surface area contributed by atoms with Gasteiger partial charge in [0, 0.05) is 10.6 Å². The lowest BCUT2D eigenvalue weighted by Gasteiger charge is -2.17. The fraction of sp³-hybridized carbons (Fsp3) is 0.625. The van der Waals surface area contributed by atoms with Gasteiger partial charge < -0.3 is 5.11 Å². The normalized spacial score (nSPS) is 14.8. The smallest absolute Gasteiger partial charge is 0.0636 e. The topological polar surface area (TPSA) is 20.2 Å². The van der Waals surface area contributed by atoms with E-state index in [4.69, 9.17) is 0 Å². The molecule has 0 amide bonds. The third kappa shape index (κ3) is 6.46. The van der Waals surface area contributed by atoms with E-state index in [2.05, 4.69) is 52.0 Å². The predicted molar refractivity (Wildman–Crippen MR) is 81.1 cm³/mol. The van der Waals surface area contributed by atoms with Gasteiger partial charge in [0.1, 0.15) is 0 Å². The number of hydrogen-bond acceptors (Lipinski definition) is 2. The lowest BCUT2D eigenvalue weighted by Crippen LogP contribution is -2.15. The summed E-state index contributed by atoms with van der Waals surface area (Å²) in [5.41, 5.74) is 1.28. The summed E-state index contributed by atoms with van der Waals surface area (Å²) in [5, 5.41) is 10.0. The Morgan fingerprint density at radius 2 is 1.89 bits per heavy atom. The van der Waals surface area contributed by atoms with Gasteiger partial charge in [-0.1, -0.05) is 38.5 Å². The van der Waals surface area contributed by atoms with Crippen LogP contribution in [-0.2, 0) is 0 Å². The van der Waals surface area contributed by atoms with Crippen molar-refractivity contribution in [3.63, 3.8) is 0 Å². The van der Waals surface area contributed by atoms with Crippen molar-refractivity contribution in [2.45, 2.75) is 51.5 Å². The molecular weight excluding hydrogens is 240 g/mol. The number of benzene rings is 1. The van der Waals surface area contributed by atoms with Gasteiger partial charge in [-0.2, -0.15) is 0 Å². The number of hydrogen-bond donors (Lipinski definition) is 1. The van der Waals surface area contributed by atoms with Crippen molar-refractivity contribution in [1.29, 1.82) is 0 Å². The van der Waals surface area contributed by atoms with Gasteiger partial charge in [-0.25, -0.2) is 0 Å². The average Bonchev–Trinajstić information content (AvgIpc) is 2.25. The van der Waals surface area contributed by atoms with E-state index in [1.807, 2.05) is 0 Å². The molecule has 2 atom stereocenters. The molecule has 0 bridgehead atoms. The Hall–Kier alpha value is -0.470. The molecule has 18 heavy (non-hydrogen) atoms. The van der Waals surface area contributed by atoms with Crippen LogP contribution in [-0.4, -0.2) is 17.0 Å². The lowest BCUT2D eigenvalue weighted by molar-refractivity contribution is 0.162. The first-order chi connectivity index (χ1) is 8.47. The summed E-state index contributed by atoms with van der Waals surface area (Å²) < 4.78 is 0. The molecule has 2 heteroatoms. The minimum Gasteiger partial charge on any atom is -0.392 e. The zero-order valence-electron chi connectivity index (χ0n) is 12.0. The van der Waals surface area contributed by atoms with E-state index >= 15 is 0 Å². The van der Waals surface area contributed by atoms with E-state index in [0.717, 1.165) is 18.1 Å². The summed E-state index contributed by atoms with van der Waals surface area (Å²) in [6.07, 6.45) is 1.92. The predicted octanol–water partition coefficient (Wildman–Crippen LogP) is 4.52. The second-order valence-electron chi connectivity index (χ2n) is 5.75. The Kier molecular flexibility index (Phi) is 6.80. The highest BCUT2D eigenvalue weighted by Crippen LogP contribution is 2.23. The van der Waals surface area contributed by atoms with Crippen molar-refractivity contribution in [3.05, 3.63) is 29.8 Å². The van der Waals surface area contributed by atoms with E-state index in [1.165, 1.54) is 16.9 Å². The molecule has 0 saturated heterocycles. The van der Waals surface area contributed by atoms with Crippen LogP contribution < -0.4 is 0 Å². The standard InChI is InChI=1S/C16H26OS/c1-12(2)8-14(4)9-15(17)11-18-16-7-5-6-13(3)10-16/h5-7,10,12,14-15,17H,8-9,11H2,1-4H3. The van der Waals surface area contributed by atoms with Crippen molar-refractivity contribution < 1.29 is 5.11 Å². The number of aryl methyl sites for hydroxylation is 1. The van der Waals surface area contributed by atoms with Crippen molar-refractivity contribution >= 4 is 11.8 Å².